The molecular weight excluding hydrogens is 246 g/mol. The van der Waals surface area contributed by atoms with E-state index in [-0.39, 0.29) is 0 Å². The van der Waals surface area contributed by atoms with Gasteiger partial charge in [0.25, 0.3) is 0 Å². The number of nitrogens with one attached hydrogen (secondary N) is 1. The maximum Gasteiger partial charge on any atom is 0.119 e. The molecule has 0 saturated heterocycles. The number of ether oxygens (including phenoxy) is 1. The van der Waals surface area contributed by atoms with Crippen molar-refractivity contribution in [3.63, 3.8) is 0 Å². The summed E-state index contributed by atoms with van der Waals surface area (Å²) in [7, 11) is 1.68. The second-order valence-corrected chi connectivity index (χ2v) is 4.31. The van der Waals surface area contributed by atoms with E-state index in [1.807, 2.05) is 36.4 Å². The zero-order valence-electron chi connectivity index (χ0n) is 10.3. The number of rotatable bonds is 5. The van der Waals surface area contributed by atoms with Crippen LogP contribution in [0.5, 0.6) is 5.75 Å². The smallest absolute Gasteiger partial charge is 0.119 e. The van der Waals surface area contributed by atoms with Crippen molar-refractivity contribution in [2.75, 3.05) is 12.4 Å². The zero-order chi connectivity index (χ0) is 12.8. The molecule has 0 aliphatic heterocycles. The normalized spacial score (nSPS) is 10.1. The number of alkyl halides is 1. The molecule has 0 aliphatic carbocycles. The SMILES string of the molecule is COc1cccc(CNc2cccc(CCl)c2)c1. The fourth-order valence-electron chi connectivity index (χ4n) is 1.75. The first-order valence-electron chi connectivity index (χ1n) is 5.83. The molecule has 0 heterocycles. The molecule has 3 heteroatoms. The molecule has 0 aliphatic rings. The second-order valence-electron chi connectivity index (χ2n) is 4.04. The molecule has 0 radical (unpaired) electrons. The maximum absolute atomic E-state index is 5.81. The fraction of sp³-hybridized carbons (Fsp3) is 0.200. The highest BCUT2D eigenvalue weighted by atomic mass is 35.5. The van der Waals surface area contributed by atoms with Gasteiger partial charge in [0.05, 0.1) is 7.11 Å². The predicted octanol–water partition coefficient (Wildman–Crippen LogP) is 4.05. The minimum Gasteiger partial charge on any atom is -0.497 e. The Kier molecular flexibility index (Phi) is 4.48. The summed E-state index contributed by atoms with van der Waals surface area (Å²) in [5.74, 6) is 1.41. The van der Waals surface area contributed by atoms with Crippen molar-refractivity contribution in [1.29, 1.82) is 0 Å². The molecule has 18 heavy (non-hydrogen) atoms. The largest absolute Gasteiger partial charge is 0.497 e. The molecule has 0 amide bonds. The van der Waals surface area contributed by atoms with Crippen LogP contribution in [0.4, 0.5) is 5.69 Å². The van der Waals surface area contributed by atoms with Crippen molar-refractivity contribution in [1.82, 2.24) is 0 Å². The summed E-state index contributed by atoms with van der Waals surface area (Å²) < 4.78 is 5.20. The topological polar surface area (TPSA) is 21.3 Å². The molecular formula is C15H16ClNO. The van der Waals surface area contributed by atoms with E-state index >= 15 is 0 Å². The first-order valence-corrected chi connectivity index (χ1v) is 6.37. The van der Waals surface area contributed by atoms with E-state index in [1.54, 1.807) is 7.11 Å². The molecule has 0 spiro atoms. The minimum atomic E-state index is 0.536. The summed E-state index contributed by atoms with van der Waals surface area (Å²) in [6.07, 6.45) is 0. The van der Waals surface area contributed by atoms with E-state index in [0.717, 1.165) is 23.5 Å². The van der Waals surface area contributed by atoms with Crippen LogP contribution in [0.1, 0.15) is 11.1 Å². The molecule has 2 aromatic rings. The molecule has 0 bridgehead atoms. The van der Waals surface area contributed by atoms with Gasteiger partial charge in [0.1, 0.15) is 5.75 Å². The minimum absolute atomic E-state index is 0.536. The van der Waals surface area contributed by atoms with E-state index in [0.29, 0.717) is 5.88 Å². The first-order chi connectivity index (χ1) is 8.81. The van der Waals surface area contributed by atoms with Gasteiger partial charge in [0.15, 0.2) is 0 Å². The van der Waals surface area contributed by atoms with Gasteiger partial charge in [0, 0.05) is 18.1 Å². The number of hydrogen-bond donors (Lipinski definition) is 1. The molecule has 0 aromatic heterocycles. The van der Waals surface area contributed by atoms with Crippen molar-refractivity contribution in [2.24, 2.45) is 0 Å². The molecule has 1 N–H and O–H groups in total. The van der Waals surface area contributed by atoms with Crippen LogP contribution < -0.4 is 10.1 Å². The lowest BCUT2D eigenvalue weighted by molar-refractivity contribution is 0.414. The number of methoxy groups -OCH3 is 1. The van der Waals surface area contributed by atoms with Gasteiger partial charge < -0.3 is 10.1 Å². The lowest BCUT2D eigenvalue weighted by Gasteiger charge is -2.08. The number of anilines is 1. The molecule has 0 saturated carbocycles. The van der Waals surface area contributed by atoms with Crippen LogP contribution in [0.15, 0.2) is 48.5 Å². The Morgan fingerprint density at radius 1 is 1.06 bits per heavy atom. The lowest BCUT2D eigenvalue weighted by atomic mass is 10.2. The summed E-state index contributed by atoms with van der Waals surface area (Å²) in [4.78, 5) is 0. The Bertz CT molecular complexity index is 466. The number of hydrogen-bond acceptors (Lipinski definition) is 2. The zero-order valence-corrected chi connectivity index (χ0v) is 11.1. The molecule has 0 atom stereocenters. The third-order valence-electron chi connectivity index (χ3n) is 2.71. The summed E-state index contributed by atoms with van der Waals surface area (Å²) in [5, 5.41) is 3.37. The summed E-state index contributed by atoms with van der Waals surface area (Å²) in [5.41, 5.74) is 3.38. The highest BCUT2D eigenvalue weighted by Gasteiger charge is 1.97. The highest BCUT2D eigenvalue weighted by Crippen LogP contribution is 2.16. The molecule has 2 nitrogen and oxygen atoms in total. The van der Waals surface area contributed by atoms with E-state index in [9.17, 15) is 0 Å². The Balaban J connectivity index is 2.01. The van der Waals surface area contributed by atoms with Crippen LogP contribution in [0.2, 0.25) is 0 Å². The van der Waals surface area contributed by atoms with Crippen LogP contribution in [-0.4, -0.2) is 7.11 Å². The van der Waals surface area contributed by atoms with E-state index in [1.165, 1.54) is 5.56 Å². The van der Waals surface area contributed by atoms with Crippen LogP contribution in [0.25, 0.3) is 0 Å². The van der Waals surface area contributed by atoms with Gasteiger partial charge in [-0.15, -0.1) is 11.6 Å². The molecule has 2 aromatic carbocycles. The van der Waals surface area contributed by atoms with Crippen LogP contribution in [-0.2, 0) is 12.4 Å². The Labute approximate surface area is 113 Å². The van der Waals surface area contributed by atoms with Gasteiger partial charge in [-0.3, -0.25) is 0 Å². The molecule has 2 rings (SSSR count). The monoisotopic (exact) mass is 261 g/mol. The summed E-state index contributed by atoms with van der Waals surface area (Å²) in [6.45, 7) is 0.767. The highest BCUT2D eigenvalue weighted by molar-refractivity contribution is 6.17. The van der Waals surface area contributed by atoms with Crippen molar-refractivity contribution in [3.05, 3.63) is 59.7 Å². The Hall–Kier alpha value is -1.67. The maximum atomic E-state index is 5.81. The Morgan fingerprint density at radius 2 is 1.83 bits per heavy atom. The van der Waals surface area contributed by atoms with Crippen molar-refractivity contribution < 1.29 is 4.74 Å². The Morgan fingerprint density at radius 3 is 2.61 bits per heavy atom. The quantitative estimate of drug-likeness (QED) is 0.820. The van der Waals surface area contributed by atoms with E-state index < -0.39 is 0 Å². The fourth-order valence-corrected chi connectivity index (χ4v) is 1.92. The third-order valence-corrected chi connectivity index (χ3v) is 3.02. The second kappa shape index (κ2) is 6.31. The first kappa shape index (κ1) is 12.8. The molecule has 94 valence electrons. The standard InChI is InChI=1S/C15H16ClNO/c1-18-15-7-3-5-13(9-15)11-17-14-6-2-4-12(8-14)10-16/h2-9,17H,10-11H2,1H3. The van der Waals surface area contributed by atoms with Gasteiger partial charge >= 0.3 is 0 Å². The molecule has 0 fully saturated rings. The van der Waals surface area contributed by atoms with E-state index in [2.05, 4.69) is 17.4 Å². The van der Waals surface area contributed by atoms with Gasteiger partial charge in [0.2, 0.25) is 0 Å². The van der Waals surface area contributed by atoms with Crippen LogP contribution >= 0.6 is 11.6 Å². The van der Waals surface area contributed by atoms with Gasteiger partial charge in [-0.2, -0.15) is 0 Å². The van der Waals surface area contributed by atoms with E-state index in [4.69, 9.17) is 16.3 Å². The van der Waals surface area contributed by atoms with Crippen molar-refractivity contribution in [2.45, 2.75) is 12.4 Å². The summed E-state index contributed by atoms with van der Waals surface area (Å²) in [6, 6.07) is 16.2. The van der Waals surface area contributed by atoms with Crippen molar-refractivity contribution in [3.8, 4) is 5.75 Å². The van der Waals surface area contributed by atoms with Crippen molar-refractivity contribution >= 4 is 17.3 Å². The molecule has 0 unspecified atom stereocenters. The average Bonchev–Trinajstić information content (AvgIpc) is 2.45. The van der Waals surface area contributed by atoms with Crippen LogP contribution in [0, 0.1) is 0 Å². The lowest BCUT2D eigenvalue weighted by Crippen LogP contribution is -1.99. The number of benzene rings is 2. The van der Waals surface area contributed by atoms with Crippen LogP contribution in [0.3, 0.4) is 0 Å². The average molecular weight is 262 g/mol. The summed E-state index contributed by atoms with van der Waals surface area (Å²) >= 11 is 5.81. The number of halogens is 1. The van der Waals surface area contributed by atoms with Gasteiger partial charge in [-0.25, -0.2) is 0 Å². The third kappa shape index (κ3) is 3.41. The predicted molar refractivity (Wildman–Crippen MR) is 76.3 cm³/mol. The van der Waals surface area contributed by atoms with Gasteiger partial charge in [-0.05, 0) is 35.4 Å². The van der Waals surface area contributed by atoms with Gasteiger partial charge in [-0.1, -0.05) is 24.3 Å².